The summed E-state index contributed by atoms with van der Waals surface area (Å²) in [5, 5.41) is 12.2. The third kappa shape index (κ3) is 2.97. The number of nitrogens with one attached hydrogen (secondary N) is 1. The Morgan fingerprint density at radius 2 is 2.00 bits per heavy atom. The maximum Gasteiger partial charge on any atom is 0.244 e. The molecule has 0 saturated carbocycles. The van der Waals surface area contributed by atoms with Gasteiger partial charge in [0.1, 0.15) is 4.90 Å². The van der Waals surface area contributed by atoms with Gasteiger partial charge in [0.05, 0.1) is 12.2 Å². The zero-order chi connectivity index (χ0) is 16.6. The van der Waals surface area contributed by atoms with Gasteiger partial charge in [0.2, 0.25) is 10.0 Å². The second-order valence-electron chi connectivity index (χ2n) is 5.68. The Morgan fingerprint density at radius 3 is 2.65 bits per heavy atom. The summed E-state index contributed by atoms with van der Waals surface area (Å²) in [4.78, 5) is 0.125. The predicted molar refractivity (Wildman–Crippen MR) is 84.1 cm³/mol. The first kappa shape index (κ1) is 15.6. The first-order chi connectivity index (χ1) is 10.9. The highest BCUT2D eigenvalue weighted by Crippen LogP contribution is 2.23. The van der Waals surface area contributed by atoms with Gasteiger partial charge in [-0.1, -0.05) is 19.9 Å². The maximum atomic E-state index is 12.6. The van der Waals surface area contributed by atoms with Crippen LogP contribution in [0.5, 0.6) is 0 Å². The summed E-state index contributed by atoms with van der Waals surface area (Å²) in [7, 11) is -2.02. The molecule has 1 atom stereocenters. The predicted octanol–water partition coefficient (Wildman–Crippen LogP) is 1.14. The van der Waals surface area contributed by atoms with E-state index in [0.717, 1.165) is 0 Å². The van der Waals surface area contributed by atoms with Crippen molar-refractivity contribution in [1.82, 2.24) is 29.1 Å². The van der Waals surface area contributed by atoms with Crippen molar-refractivity contribution in [1.29, 1.82) is 0 Å². The molecule has 0 amide bonds. The number of sulfonamides is 1. The highest BCUT2D eigenvalue weighted by molar-refractivity contribution is 7.89. The molecule has 3 rings (SSSR count). The number of rotatable bonds is 5. The van der Waals surface area contributed by atoms with Gasteiger partial charge in [-0.2, -0.15) is 5.10 Å². The number of fused-ring (bicyclic) bond motifs is 1. The van der Waals surface area contributed by atoms with Crippen LogP contribution in [0.4, 0.5) is 0 Å². The normalized spacial score (nSPS) is 13.7. The fourth-order valence-electron chi connectivity index (χ4n) is 2.33. The Balaban J connectivity index is 2.00. The van der Waals surface area contributed by atoms with Gasteiger partial charge >= 0.3 is 0 Å². The fraction of sp³-hybridized carbons (Fsp3) is 0.357. The molecule has 3 aromatic heterocycles. The van der Waals surface area contributed by atoms with Crippen molar-refractivity contribution >= 4 is 15.7 Å². The maximum absolute atomic E-state index is 12.6. The van der Waals surface area contributed by atoms with E-state index < -0.39 is 16.1 Å². The second-order valence-corrected chi connectivity index (χ2v) is 7.39. The lowest BCUT2D eigenvalue weighted by Crippen LogP contribution is -2.33. The van der Waals surface area contributed by atoms with Gasteiger partial charge in [-0.25, -0.2) is 13.1 Å². The number of aryl methyl sites for hydroxylation is 1. The van der Waals surface area contributed by atoms with Crippen LogP contribution in [-0.4, -0.2) is 32.8 Å². The van der Waals surface area contributed by atoms with Crippen LogP contribution in [0, 0.1) is 5.92 Å². The topological polar surface area (TPSA) is 94.2 Å². The van der Waals surface area contributed by atoms with Gasteiger partial charge in [0, 0.05) is 19.4 Å². The van der Waals surface area contributed by atoms with Crippen LogP contribution in [0.15, 0.2) is 41.7 Å². The lowest BCUT2D eigenvalue weighted by atomic mass is 10.1. The number of nitrogens with zero attached hydrogens (tertiary/aromatic N) is 5. The van der Waals surface area contributed by atoms with Crippen LogP contribution in [0.1, 0.15) is 25.7 Å². The standard InChI is InChI=1S/C14H18N6O2S/c1-10(2)13(14-17-16-12-6-4-5-7-20(12)14)18-23(21,22)11-8-15-19(3)9-11/h4-10,13,18H,1-3H3/t13-/m0/s1. The molecule has 8 nitrogen and oxygen atoms in total. The van der Waals surface area contributed by atoms with Crippen LogP contribution in [-0.2, 0) is 17.1 Å². The van der Waals surface area contributed by atoms with E-state index in [4.69, 9.17) is 0 Å². The summed E-state index contributed by atoms with van der Waals surface area (Å²) in [6.07, 6.45) is 4.60. The molecule has 23 heavy (non-hydrogen) atoms. The first-order valence-corrected chi connectivity index (χ1v) is 8.67. The smallest absolute Gasteiger partial charge is 0.244 e. The van der Waals surface area contributed by atoms with Gasteiger partial charge in [-0.3, -0.25) is 9.08 Å². The average Bonchev–Trinajstić information content (AvgIpc) is 3.11. The van der Waals surface area contributed by atoms with Crippen molar-refractivity contribution in [2.75, 3.05) is 0 Å². The molecule has 0 saturated heterocycles. The van der Waals surface area contributed by atoms with Crippen LogP contribution in [0.3, 0.4) is 0 Å². The molecule has 3 aromatic rings. The minimum Gasteiger partial charge on any atom is -0.285 e. The zero-order valence-corrected chi connectivity index (χ0v) is 13.9. The molecule has 0 spiro atoms. The molecule has 122 valence electrons. The summed E-state index contributed by atoms with van der Waals surface area (Å²) in [5.41, 5.74) is 0.675. The first-order valence-electron chi connectivity index (χ1n) is 7.19. The fourth-order valence-corrected chi connectivity index (χ4v) is 3.66. The number of hydrogen-bond acceptors (Lipinski definition) is 5. The van der Waals surface area contributed by atoms with E-state index in [1.54, 1.807) is 11.4 Å². The molecule has 0 aliphatic carbocycles. The van der Waals surface area contributed by atoms with E-state index in [2.05, 4.69) is 20.0 Å². The van der Waals surface area contributed by atoms with Crippen molar-refractivity contribution in [3.63, 3.8) is 0 Å². The molecule has 3 heterocycles. The number of hydrogen-bond donors (Lipinski definition) is 1. The van der Waals surface area contributed by atoms with E-state index in [1.807, 2.05) is 38.2 Å². The molecule has 0 radical (unpaired) electrons. The van der Waals surface area contributed by atoms with Crippen LogP contribution >= 0.6 is 0 Å². The van der Waals surface area contributed by atoms with Gasteiger partial charge in [-0.15, -0.1) is 10.2 Å². The van der Waals surface area contributed by atoms with Crippen molar-refractivity contribution < 1.29 is 8.42 Å². The summed E-state index contributed by atoms with van der Waals surface area (Å²) >= 11 is 0. The summed E-state index contributed by atoms with van der Waals surface area (Å²) < 4.78 is 31.1. The Labute approximate surface area is 134 Å². The molecule has 1 N–H and O–H groups in total. The van der Waals surface area contributed by atoms with E-state index in [0.29, 0.717) is 11.5 Å². The Bertz CT molecular complexity index is 928. The monoisotopic (exact) mass is 334 g/mol. The Hall–Kier alpha value is -2.26. The van der Waals surface area contributed by atoms with E-state index in [1.165, 1.54) is 17.1 Å². The third-order valence-corrected chi connectivity index (χ3v) is 4.95. The van der Waals surface area contributed by atoms with Crippen LogP contribution < -0.4 is 4.72 Å². The number of aromatic nitrogens is 5. The number of pyridine rings is 1. The SMILES string of the molecule is CC(C)[C@H](NS(=O)(=O)c1cnn(C)c1)c1nnc2ccccn12. The van der Waals surface area contributed by atoms with Crippen LogP contribution in [0.25, 0.3) is 5.65 Å². The highest BCUT2D eigenvalue weighted by Gasteiger charge is 2.28. The zero-order valence-electron chi connectivity index (χ0n) is 13.1. The van der Waals surface area contributed by atoms with E-state index in [-0.39, 0.29) is 10.8 Å². The lowest BCUT2D eigenvalue weighted by molar-refractivity contribution is 0.441. The second kappa shape index (κ2) is 5.74. The Morgan fingerprint density at radius 1 is 1.22 bits per heavy atom. The molecule has 0 aliphatic heterocycles. The quantitative estimate of drug-likeness (QED) is 0.755. The van der Waals surface area contributed by atoms with Crippen molar-refractivity contribution in [3.8, 4) is 0 Å². The molecule has 0 bridgehead atoms. The van der Waals surface area contributed by atoms with E-state index >= 15 is 0 Å². The van der Waals surface area contributed by atoms with Crippen LogP contribution in [0.2, 0.25) is 0 Å². The summed E-state index contributed by atoms with van der Waals surface area (Å²) in [6.45, 7) is 3.86. The minimum atomic E-state index is -3.69. The molecule has 0 aromatic carbocycles. The summed E-state index contributed by atoms with van der Waals surface area (Å²) in [5.74, 6) is 0.553. The largest absolute Gasteiger partial charge is 0.285 e. The minimum absolute atomic E-state index is 0.00551. The Kier molecular flexibility index (Phi) is 3.90. The van der Waals surface area contributed by atoms with Crippen molar-refractivity contribution in [3.05, 3.63) is 42.6 Å². The van der Waals surface area contributed by atoms with E-state index in [9.17, 15) is 8.42 Å². The molecule has 9 heteroatoms. The highest BCUT2D eigenvalue weighted by atomic mass is 32.2. The van der Waals surface area contributed by atoms with Gasteiger partial charge < -0.3 is 0 Å². The van der Waals surface area contributed by atoms with Gasteiger partial charge in [0.15, 0.2) is 11.5 Å². The summed E-state index contributed by atoms with van der Waals surface area (Å²) in [6, 6.07) is 5.03. The molecule has 0 fully saturated rings. The van der Waals surface area contributed by atoms with Gasteiger partial charge in [-0.05, 0) is 18.1 Å². The van der Waals surface area contributed by atoms with Crippen molar-refractivity contribution in [2.24, 2.45) is 13.0 Å². The molecule has 0 unspecified atom stereocenters. The van der Waals surface area contributed by atoms with Crippen molar-refractivity contribution in [2.45, 2.75) is 24.8 Å². The molecular formula is C14H18N6O2S. The average molecular weight is 334 g/mol. The van der Waals surface area contributed by atoms with Gasteiger partial charge in [0.25, 0.3) is 0 Å². The molecular weight excluding hydrogens is 316 g/mol. The lowest BCUT2D eigenvalue weighted by Gasteiger charge is -2.20. The molecule has 0 aliphatic rings. The third-order valence-electron chi connectivity index (χ3n) is 3.56.